The van der Waals surface area contributed by atoms with Crippen LogP contribution in [-0.2, 0) is 13.0 Å². The largest absolute Gasteiger partial charge is 0.493 e. The van der Waals surface area contributed by atoms with E-state index in [0.717, 1.165) is 17.5 Å². The van der Waals surface area contributed by atoms with E-state index >= 15 is 0 Å². The molecule has 21 heavy (non-hydrogen) atoms. The summed E-state index contributed by atoms with van der Waals surface area (Å²) in [5, 5.41) is 8.83. The van der Waals surface area contributed by atoms with Gasteiger partial charge in [-0.1, -0.05) is 6.07 Å². The number of hydrogen-bond donors (Lipinski definition) is 1. The van der Waals surface area contributed by atoms with Crippen LogP contribution in [0, 0.1) is 11.3 Å². The Bertz CT molecular complexity index is 650. The predicted octanol–water partition coefficient (Wildman–Crippen LogP) is 2.04. The molecule has 0 radical (unpaired) electrons. The first-order valence-corrected chi connectivity index (χ1v) is 6.61. The van der Waals surface area contributed by atoms with Gasteiger partial charge in [0, 0.05) is 6.20 Å². The van der Waals surface area contributed by atoms with E-state index in [2.05, 4.69) is 4.98 Å². The highest BCUT2D eigenvalue weighted by Gasteiger charge is 2.06. The third-order valence-electron chi connectivity index (χ3n) is 2.99. The Labute approximate surface area is 123 Å². The van der Waals surface area contributed by atoms with E-state index in [4.69, 9.17) is 20.5 Å². The molecule has 0 amide bonds. The second-order valence-electron chi connectivity index (χ2n) is 4.47. The van der Waals surface area contributed by atoms with Gasteiger partial charge in [-0.05, 0) is 48.4 Å². The van der Waals surface area contributed by atoms with Gasteiger partial charge in [0.15, 0.2) is 11.5 Å². The average Bonchev–Trinajstić information content (AvgIpc) is 2.54. The fourth-order valence-electron chi connectivity index (χ4n) is 1.94. The van der Waals surface area contributed by atoms with Crippen molar-refractivity contribution in [2.24, 2.45) is 5.73 Å². The Morgan fingerprint density at radius 2 is 2.05 bits per heavy atom. The maximum absolute atomic E-state index is 8.83. The topological polar surface area (TPSA) is 81.2 Å². The van der Waals surface area contributed by atoms with E-state index in [0.29, 0.717) is 30.3 Å². The number of rotatable bonds is 6. The van der Waals surface area contributed by atoms with Gasteiger partial charge in [-0.15, -0.1) is 0 Å². The molecule has 5 heteroatoms. The van der Waals surface area contributed by atoms with E-state index in [1.54, 1.807) is 19.4 Å². The number of methoxy groups -OCH3 is 1. The smallest absolute Gasteiger partial charge is 0.161 e. The van der Waals surface area contributed by atoms with Crippen molar-refractivity contribution >= 4 is 0 Å². The van der Waals surface area contributed by atoms with Crippen LogP contribution in [0.25, 0.3) is 0 Å². The summed E-state index contributed by atoms with van der Waals surface area (Å²) in [4.78, 5) is 3.93. The third-order valence-corrected chi connectivity index (χ3v) is 2.99. The lowest BCUT2D eigenvalue weighted by Crippen LogP contribution is -2.03. The van der Waals surface area contributed by atoms with Crippen molar-refractivity contribution in [1.29, 1.82) is 5.26 Å². The Morgan fingerprint density at radius 3 is 2.76 bits per heavy atom. The molecule has 2 rings (SSSR count). The highest BCUT2D eigenvalue weighted by molar-refractivity contribution is 5.43. The Morgan fingerprint density at radius 1 is 1.19 bits per heavy atom. The number of nitrogens with zero attached hydrogens (tertiary/aromatic N) is 2. The number of pyridine rings is 1. The predicted molar refractivity (Wildman–Crippen MR) is 79.0 cm³/mol. The molecule has 0 aliphatic rings. The van der Waals surface area contributed by atoms with Crippen LogP contribution in [0.4, 0.5) is 0 Å². The number of nitriles is 1. The van der Waals surface area contributed by atoms with Gasteiger partial charge in [0.25, 0.3) is 0 Å². The van der Waals surface area contributed by atoms with Crippen LogP contribution in [0.3, 0.4) is 0 Å². The zero-order valence-corrected chi connectivity index (χ0v) is 11.9. The molecule has 0 bridgehead atoms. The summed E-state index contributed by atoms with van der Waals surface area (Å²) in [6, 6.07) is 11.3. The summed E-state index contributed by atoms with van der Waals surface area (Å²) in [6.07, 6.45) is 2.39. The van der Waals surface area contributed by atoms with Gasteiger partial charge in [0.05, 0.1) is 7.11 Å². The third kappa shape index (κ3) is 3.94. The molecule has 1 aromatic carbocycles. The summed E-state index contributed by atoms with van der Waals surface area (Å²) in [6.45, 7) is 0.946. The van der Waals surface area contributed by atoms with E-state index in [1.807, 2.05) is 30.3 Å². The Balaban J connectivity index is 2.10. The van der Waals surface area contributed by atoms with Gasteiger partial charge in [0.1, 0.15) is 18.4 Å². The van der Waals surface area contributed by atoms with Gasteiger partial charge in [-0.2, -0.15) is 5.26 Å². The molecule has 108 valence electrons. The quantitative estimate of drug-likeness (QED) is 0.877. The molecular weight excluding hydrogens is 266 g/mol. The number of hydrogen-bond acceptors (Lipinski definition) is 5. The summed E-state index contributed by atoms with van der Waals surface area (Å²) in [5.41, 5.74) is 7.92. The van der Waals surface area contributed by atoms with Crippen molar-refractivity contribution in [2.75, 3.05) is 13.7 Å². The van der Waals surface area contributed by atoms with Gasteiger partial charge in [-0.3, -0.25) is 0 Å². The number of ether oxygens (including phenoxy) is 2. The number of nitrogens with two attached hydrogens (primary N) is 1. The first-order valence-electron chi connectivity index (χ1n) is 6.61. The summed E-state index contributed by atoms with van der Waals surface area (Å²) in [7, 11) is 1.61. The van der Waals surface area contributed by atoms with E-state index in [-0.39, 0.29) is 0 Å². The van der Waals surface area contributed by atoms with Crippen molar-refractivity contribution in [3.8, 4) is 17.6 Å². The normalized spacial score (nSPS) is 9.95. The lowest BCUT2D eigenvalue weighted by molar-refractivity contribution is 0.284. The first kappa shape index (κ1) is 14.8. The van der Waals surface area contributed by atoms with Gasteiger partial charge in [0.2, 0.25) is 0 Å². The molecule has 0 saturated heterocycles. The molecule has 0 unspecified atom stereocenters. The molecule has 0 fully saturated rings. The minimum Gasteiger partial charge on any atom is -0.493 e. The van der Waals surface area contributed by atoms with Crippen molar-refractivity contribution in [3.63, 3.8) is 0 Å². The van der Waals surface area contributed by atoms with Crippen LogP contribution in [0.15, 0.2) is 36.5 Å². The monoisotopic (exact) mass is 283 g/mol. The van der Waals surface area contributed by atoms with E-state index < -0.39 is 0 Å². The molecule has 5 nitrogen and oxygen atoms in total. The molecular formula is C16H17N3O2. The van der Waals surface area contributed by atoms with Crippen LogP contribution < -0.4 is 15.2 Å². The molecule has 2 aromatic rings. The van der Waals surface area contributed by atoms with Crippen LogP contribution in [0.5, 0.6) is 11.5 Å². The Kier molecular flexibility index (Phi) is 5.13. The lowest BCUT2D eigenvalue weighted by atomic mass is 10.1. The van der Waals surface area contributed by atoms with Crippen molar-refractivity contribution < 1.29 is 9.47 Å². The van der Waals surface area contributed by atoms with E-state index in [9.17, 15) is 0 Å². The molecule has 0 atom stereocenters. The molecule has 1 heterocycles. The van der Waals surface area contributed by atoms with Crippen LogP contribution in [-0.4, -0.2) is 18.6 Å². The molecule has 0 aliphatic carbocycles. The van der Waals surface area contributed by atoms with Crippen molar-refractivity contribution in [3.05, 3.63) is 53.3 Å². The lowest BCUT2D eigenvalue weighted by Gasteiger charge is -2.12. The molecule has 1 aromatic heterocycles. The zero-order valence-electron chi connectivity index (χ0n) is 11.9. The summed E-state index contributed by atoms with van der Waals surface area (Å²) < 4.78 is 11.1. The second kappa shape index (κ2) is 7.27. The maximum atomic E-state index is 8.83. The average molecular weight is 283 g/mol. The molecule has 0 spiro atoms. The van der Waals surface area contributed by atoms with Crippen LogP contribution >= 0.6 is 0 Å². The minimum absolute atomic E-state index is 0.351. The fraction of sp³-hybridized carbons (Fsp3) is 0.250. The standard InChI is InChI=1S/C16H17N3O2/c1-20-16-9-12(4-6-17)2-3-15(16)21-11-13-5-7-19-14(8-13)10-18/h2-3,5,7-9H,4,6,11,17H2,1H3. The first-order chi connectivity index (χ1) is 10.3. The highest BCUT2D eigenvalue weighted by Crippen LogP contribution is 2.28. The van der Waals surface area contributed by atoms with Gasteiger partial charge >= 0.3 is 0 Å². The van der Waals surface area contributed by atoms with Crippen molar-refractivity contribution in [2.45, 2.75) is 13.0 Å². The summed E-state index contributed by atoms with van der Waals surface area (Å²) >= 11 is 0. The zero-order chi connectivity index (χ0) is 15.1. The minimum atomic E-state index is 0.351. The molecule has 0 saturated carbocycles. The number of aromatic nitrogens is 1. The fourth-order valence-corrected chi connectivity index (χ4v) is 1.94. The van der Waals surface area contributed by atoms with Gasteiger partial charge < -0.3 is 15.2 Å². The maximum Gasteiger partial charge on any atom is 0.161 e. The summed E-state index contributed by atoms with van der Waals surface area (Å²) in [5.74, 6) is 1.34. The van der Waals surface area contributed by atoms with Crippen LogP contribution in [0.2, 0.25) is 0 Å². The Hall–Kier alpha value is -2.58. The van der Waals surface area contributed by atoms with Crippen LogP contribution in [0.1, 0.15) is 16.8 Å². The molecule has 0 aliphatic heterocycles. The SMILES string of the molecule is COc1cc(CCN)ccc1OCc1ccnc(C#N)c1. The van der Waals surface area contributed by atoms with Crippen molar-refractivity contribution in [1.82, 2.24) is 4.98 Å². The van der Waals surface area contributed by atoms with Gasteiger partial charge in [-0.25, -0.2) is 4.98 Å². The highest BCUT2D eigenvalue weighted by atomic mass is 16.5. The van der Waals surface area contributed by atoms with E-state index in [1.165, 1.54) is 0 Å². The number of benzene rings is 1. The second-order valence-corrected chi connectivity index (χ2v) is 4.47. The molecule has 2 N–H and O–H groups in total.